The van der Waals surface area contributed by atoms with Crippen LogP contribution in [0.15, 0.2) is 59.3 Å². The highest BCUT2D eigenvalue weighted by molar-refractivity contribution is 7.85. The second kappa shape index (κ2) is 11.2. The highest BCUT2D eigenvalue weighted by atomic mass is 35.5. The third-order valence-electron chi connectivity index (χ3n) is 5.12. The van der Waals surface area contributed by atoms with Crippen molar-refractivity contribution < 1.29 is 31.6 Å². The van der Waals surface area contributed by atoms with Crippen molar-refractivity contribution in [1.82, 2.24) is 9.97 Å². The molecule has 1 atom stereocenters. The van der Waals surface area contributed by atoms with Crippen molar-refractivity contribution in [2.45, 2.75) is 17.5 Å². The van der Waals surface area contributed by atoms with E-state index in [1.165, 1.54) is 37.7 Å². The molecule has 37 heavy (non-hydrogen) atoms. The minimum Gasteiger partial charge on any atom is -0.466 e. The molecule has 1 unspecified atom stereocenters. The van der Waals surface area contributed by atoms with Crippen molar-refractivity contribution in [3.8, 4) is 11.5 Å². The van der Waals surface area contributed by atoms with Crippen molar-refractivity contribution in [2.75, 3.05) is 30.0 Å². The van der Waals surface area contributed by atoms with E-state index in [1.807, 2.05) is 0 Å². The minimum absolute atomic E-state index is 0.0123. The molecule has 0 aliphatic carbocycles. The van der Waals surface area contributed by atoms with Gasteiger partial charge < -0.3 is 20.1 Å². The first-order valence-corrected chi connectivity index (χ1v) is 12.5. The Balaban J connectivity index is 1.54. The lowest BCUT2D eigenvalue weighted by Crippen LogP contribution is -2.18. The topological polar surface area (TPSA) is 102 Å². The van der Waals surface area contributed by atoms with Crippen LogP contribution in [0, 0.1) is 0 Å². The predicted octanol–water partition coefficient (Wildman–Crippen LogP) is 5.71. The number of carbonyl (C=O) groups is 1. The van der Waals surface area contributed by atoms with Gasteiger partial charge in [-0.2, -0.15) is 13.2 Å². The van der Waals surface area contributed by atoms with E-state index >= 15 is 0 Å². The lowest BCUT2D eigenvalue weighted by atomic mass is 10.1. The fourth-order valence-corrected chi connectivity index (χ4v) is 4.62. The fourth-order valence-electron chi connectivity index (χ4n) is 3.46. The molecule has 2 N–H and O–H groups in total. The van der Waals surface area contributed by atoms with Crippen LogP contribution in [0.1, 0.15) is 12.0 Å². The number of hydrogen-bond donors (Lipinski definition) is 2. The number of nitrogens with one attached hydrogen (secondary N) is 2. The Kier molecular flexibility index (Phi) is 7.98. The zero-order chi connectivity index (χ0) is 26.6. The number of hydrogen-bond acceptors (Lipinski definition) is 8. The molecule has 0 amide bonds. The molecule has 1 aliphatic rings. The van der Waals surface area contributed by atoms with Gasteiger partial charge in [-0.05, 0) is 48.9 Å². The van der Waals surface area contributed by atoms with Gasteiger partial charge in [-0.1, -0.05) is 17.7 Å². The maximum atomic E-state index is 12.6. The number of nitrogens with zero attached hydrogens (tertiary/aromatic N) is 2. The summed E-state index contributed by atoms with van der Waals surface area (Å²) in [5.41, 5.74) is 1.59. The Morgan fingerprint density at radius 1 is 1.22 bits per heavy atom. The molecule has 0 saturated heterocycles. The van der Waals surface area contributed by atoms with Crippen molar-refractivity contribution in [3.05, 3.63) is 65.0 Å². The quantitative estimate of drug-likeness (QED) is 0.359. The lowest BCUT2D eigenvalue weighted by molar-refractivity contribution is -0.136. The van der Waals surface area contributed by atoms with Gasteiger partial charge in [0.15, 0.2) is 0 Å². The van der Waals surface area contributed by atoms with Crippen LogP contribution >= 0.6 is 11.6 Å². The van der Waals surface area contributed by atoms with Gasteiger partial charge >= 0.3 is 12.1 Å². The number of halogens is 4. The zero-order valence-electron chi connectivity index (χ0n) is 19.3. The van der Waals surface area contributed by atoms with Gasteiger partial charge in [0.25, 0.3) is 0 Å². The number of methoxy groups -OCH3 is 1. The average molecular weight is 553 g/mol. The Bertz CT molecular complexity index is 1380. The Hall–Kier alpha value is -3.64. The molecule has 13 heteroatoms. The van der Waals surface area contributed by atoms with Crippen LogP contribution in [-0.4, -0.2) is 45.7 Å². The molecule has 0 saturated carbocycles. The largest absolute Gasteiger partial charge is 0.466 e. The number of ether oxygens (including phenoxy) is 2. The second-order valence-corrected chi connectivity index (χ2v) is 9.63. The molecule has 0 bridgehead atoms. The van der Waals surface area contributed by atoms with Crippen molar-refractivity contribution in [2.24, 2.45) is 0 Å². The van der Waals surface area contributed by atoms with E-state index in [-0.39, 0.29) is 21.4 Å². The van der Waals surface area contributed by atoms with Gasteiger partial charge in [-0.3, -0.25) is 4.21 Å². The maximum absolute atomic E-state index is 12.6. The summed E-state index contributed by atoms with van der Waals surface area (Å²) in [6.45, 7) is 0.493. The average Bonchev–Trinajstić information content (AvgIpc) is 3.08. The van der Waals surface area contributed by atoms with Crippen LogP contribution in [0.4, 0.5) is 30.5 Å². The molecule has 0 radical (unpaired) electrons. The molecule has 1 aromatic heterocycles. The summed E-state index contributed by atoms with van der Waals surface area (Å²) < 4.78 is 60.3. The molecule has 3 aromatic rings. The molecule has 0 fully saturated rings. The van der Waals surface area contributed by atoms with Crippen molar-refractivity contribution >= 4 is 51.8 Å². The van der Waals surface area contributed by atoms with Crippen LogP contribution in [0.3, 0.4) is 0 Å². The van der Waals surface area contributed by atoms with Gasteiger partial charge in [0.05, 0.1) is 28.5 Å². The number of carbonyl (C=O) groups excluding carboxylic acids is 1. The summed E-state index contributed by atoms with van der Waals surface area (Å²) in [7, 11) is -0.948. The van der Waals surface area contributed by atoms with Crippen LogP contribution in [0.25, 0.3) is 6.08 Å². The van der Waals surface area contributed by atoms with Gasteiger partial charge in [0, 0.05) is 22.7 Å². The highest BCUT2D eigenvalue weighted by Gasteiger charge is 2.31. The Labute approximate surface area is 217 Å². The summed E-state index contributed by atoms with van der Waals surface area (Å²) in [6.07, 6.45) is -1.06. The lowest BCUT2D eigenvalue weighted by Gasteiger charge is -2.14. The standard InChI is InChI=1S/C24H20ClF3N4O4S/c1-35-23(33)14-7-8-29-21-18(9-14)22(31-13-30-21)32-15-5-6-20(19(25)10-15)36-16-3-2-4-17(11-16)37(34)12-24(26,27)28/h2-6,9-11,13H,7-8,12H2,1H3,(H2,29,30,31,32). The van der Waals surface area contributed by atoms with E-state index in [2.05, 4.69) is 20.6 Å². The monoisotopic (exact) mass is 552 g/mol. The van der Waals surface area contributed by atoms with E-state index < -0.39 is 28.7 Å². The highest BCUT2D eigenvalue weighted by Crippen LogP contribution is 2.35. The number of esters is 1. The van der Waals surface area contributed by atoms with Crippen LogP contribution in [0.5, 0.6) is 11.5 Å². The number of alkyl halides is 3. The number of anilines is 3. The summed E-state index contributed by atoms with van der Waals surface area (Å²) >= 11 is 6.40. The molecule has 4 rings (SSSR count). The maximum Gasteiger partial charge on any atom is 0.400 e. The zero-order valence-corrected chi connectivity index (χ0v) is 20.8. The summed E-state index contributed by atoms with van der Waals surface area (Å²) in [4.78, 5) is 20.6. The Morgan fingerprint density at radius 3 is 2.76 bits per heavy atom. The SMILES string of the molecule is COC(=O)C1=Cc2c(ncnc2Nc2ccc(Oc3cccc(S(=O)CC(F)(F)F)c3)c(Cl)c2)NCC1. The van der Waals surface area contributed by atoms with E-state index in [9.17, 15) is 22.2 Å². The number of fused-ring (bicyclic) bond motifs is 1. The van der Waals surface area contributed by atoms with Crippen LogP contribution in [0.2, 0.25) is 5.02 Å². The summed E-state index contributed by atoms with van der Waals surface area (Å²) in [5, 5.41) is 6.50. The van der Waals surface area contributed by atoms with Gasteiger partial charge in [-0.25, -0.2) is 14.8 Å². The van der Waals surface area contributed by atoms with Crippen molar-refractivity contribution in [3.63, 3.8) is 0 Å². The molecule has 8 nitrogen and oxygen atoms in total. The molecule has 1 aliphatic heterocycles. The van der Waals surface area contributed by atoms with Crippen LogP contribution in [-0.2, 0) is 20.3 Å². The predicted molar refractivity (Wildman–Crippen MR) is 134 cm³/mol. The van der Waals surface area contributed by atoms with E-state index in [4.69, 9.17) is 21.1 Å². The summed E-state index contributed by atoms with van der Waals surface area (Å²) in [5.74, 6) is -0.503. The molecular weight excluding hydrogens is 533 g/mol. The van der Waals surface area contributed by atoms with E-state index in [0.717, 1.165) is 0 Å². The third kappa shape index (κ3) is 6.77. The van der Waals surface area contributed by atoms with E-state index in [0.29, 0.717) is 41.4 Å². The molecule has 0 spiro atoms. The van der Waals surface area contributed by atoms with Crippen molar-refractivity contribution in [1.29, 1.82) is 0 Å². The fraction of sp³-hybridized carbons (Fsp3) is 0.208. The third-order valence-corrected chi connectivity index (χ3v) is 6.79. The number of aromatic nitrogens is 2. The molecule has 194 valence electrons. The first kappa shape index (κ1) is 26.4. The summed E-state index contributed by atoms with van der Waals surface area (Å²) in [6, 6.07) is 10.4. The van der Waals surface area contributed by atoms with Gasteiger partial charge in [0.2, 0.25) is 0 Å². The molecule has 2 aromatic carbocycles. The first-order valence-electron chi connectivity index (χ1n) is 10.8. The molecule has 2 heterocycles. The minimum atomic E-state index is -4.55. The van der Waals surface area contributed by atoms with E-state index in [1.54, 1.807) is 24.3 Å². The smallest absolute Gasteiger partial charge is 0.400 e. The second-order valence-electron chi connectivity index (χ2n) is 7.77. The number of rotatable bonds is 7. The first-order chi connectivity index (χ1) is 17.6. The number of benzene rings is 2. The molecular formula is C24H20ClF3N4O4S. The van der Waals surface area contributed by atoms with Crippen LogP contribution < -0.4 is 15.4 Å². The normalized spacial score (nSPS) is 13.9. The van der Waals surface area contributed by atoms with Gasteiger partial charge in [0.1, 0.15) is 35.2 Å². The van der Waals surface area contributed by atoms with Gasteiger partial charge in [-0.15, -0.1) is 0 Å². The Morgan fingerprint density at radius 2 is 2.03 bits per heavy atom.